The first-order valence-electron chi connectivity index (χ1n) is 8.67. The van der Waals surface area contributed by atoms with E-state index in [4.69, 9.17) is 13.9 Å². The fraction of sp³-hybridized carbons (Fsp3) is 0.250. The molecular formula is C20H21N3O4S. The molecule has 1 atom stereocenters. The van der Waals surface area contributed by atoms with E-state index in [0.717, 1.165) is 17.1 Å². The standard InChI is InChI=1S/C20H21N3O4S/c1-13-5-4-6-17(11-13)26-12-18-22-23-20(27-18)28-14(2)19(24)21-15-7-9-16(25-3)10-8-15/h4-11,14H,12H2,1-3H3,(H,21,24)/t14-/m1/s1. The van der Waals surface area contributed by atoms with Gasteiger partial charge in [-0.25, -0.2) is 0 Å². The number of ether oxygens (including phenoxy) is 2. The van der Waals surface area contributed by atoms with Gasteiger partial charge in [0, 0.05) is 5.69 Å². The van der Waals surface area contributed by atoms with Gasteiger partial charge in [-0.05, 0) is 55.8 Å². The number of thioether (sulfide) groups is 1. The van der Waals surface area contributed by atoms with E-state index < -0.39 is 5.25 Å². The molecule has 146 valence electrons. The molecule has 1 N–H and O–H groups in total. The van der Waals surface area contributed by atoms with E-state index in [1.54, 1.807) is 38.3 Å². The first-order valence-corrected chi connectivity index (χ1v) is 9.55. The summed E-state index contributed by atoms with van der Waals surface area (Å²) in [6.45, 7) is 3.94. The van der Waals surface area contributed by atoms with Crippen LogP contribution in [-0.4, -0.2) is 28.5 Å². The number of anilines is 1. The van der Waals surface area contributed by atoms with E-state index in [2.05, 4.69) is 15.5 Å². The van der Waals surface area contributed by atoms with Crippen molar-refractivity contribution < 1.29 is 18.7 Å². The zero-order valence-corrected chi connectivity index (χ0v) is 16.7. The molecule has 0 saturated carbocycles. The first kappa shape index (κ1) is 19.8. The Bertz CT molecular complexity index is 927. The molecule has 7 nitrogen and oxygen atoms in total. The van der Waals surface area contributed by atoms with Crippen molar-refractivity contribution in [3.8, 4) is 11.5 Å². The summed E-state index contributed by atoms with van der Waals surface area (Å²) < 4.78 is 16.3. The molecule has 8 heteroatoms. The van der Waals surface area contributed by atoms with Gasteiger partial charge in [0.2, 0.25) is 5.91 Å². The Labute approximate surface area is 167 Å². The van der Waals surface area contributed by atoms with Crippen molar-refractivity contribution in [2.24, 2.45) is 0 Å². The van der Waals surface area contributed by atoms with Gasteiger partial charge in [-0.15, -0.1) is 10.2 Å². The number of carbonyl (C=O) groups excluding carboxylic acids is 1. The maximum Gasteiger partial charge on any atom is 0.277 e. The van der Waals surface area contributed by atoms with E-state index in [-0.39, 0.29) is 12.5 Å². The van der Waals surface area contributed by atoms with E-state index in [1.807, 2.05) is 31.2 Å². The van der Waals surface area contributed by atoms with Gasteiger partial charge in [0.1, 0.15) is 11.5 Å². The zero-order valence-electron chi connectivity index (χ0n) is 15.8. The molecule has 0 saturated heterocycles. The van der Waals surface area contributed by atoms with Crippen LogP contribution in [0.1, 0.15) is 18.4 Å². The first-order chi connectivity index (χ1) is 13.5. The summed E-state index contributed by atoms with van der Waals surface area (Å²) in [6, 6.07) is 14.8. The normalized spacial score (nSPS) is 11.7. The van der Waals surface area contributed by atoms with Crippen LogP contribution in [0.3, 0.4) is 0 Å². The maximum absolute atomic E-state index is 12.3. The lowest BCUT2D eigenvalue weighted by Gasteiger charge is -2.10. The van der Waals surface area contributed by atoms with Crippen LogP contribution in [0.15, 0.2) is 58.2 Å². The molecule has 1 aromatic heterocycles. The minimum absolute atomic E-state index is 0.161. The second-order valence-corrected chi connectivity index (χ2v) is 7.34. The summed E-state index contributed by atoms with van der Waals surface area (Å²) >= 11 is 1.19. The number of hydrogen-bond acceptors (Lipinski definition) is 7. The topological polar surface area (TPSA) is 86.5 Å². The van der Waals surface area contributed by atoms with Gasteiger partial charge in [0.15, 0.2) is 6.61 Å². The Morgan fingerprint density at radius 3 is 2.68 bits per heavy atom. The molecular weight excluding hydrogens is 378 g/mol. The average molecular weight is 399 g/mol. The van der Waals surface area contributed by atoms with Gasteiger partial charge in [-0.1, -0.05) is 23.9 Å². The number of benzene rings is 2. The van der Waals surface area contributed by atoms with Crippen molar-refractivity contribution in [3.63, 3.8) is 0 Å². The lowest BCUT2D eigenvalue weighted by atomic mass is 10.2. The number of carbonyl (C=O) groups is 1. The second-order valence-electron chi connectivity index (χ2n) is 6.04. The highest BCUT2D eigenvalue weighted by atomic mass is 32.2. The monoisotopic (exact) mass is 399 g/mol. The number of nitrogens with zero attached hydrogens (tertiary/aromatic N) is 2. The number of amides is 1. The average Bonchev–Trinajstić information content (AvgIpc) is 3.14. The molecule has 28 heavy (non-hydrogen) atoms. The van der Waals surface area contributed by atoms with Crippen molar-refractivity contribution in [1.82, 2.24) is 10.2 Å². The van der Waals surface area contributed by atoms with Gasteiger partial charge in [-0.2, -0.15) is 0 Å². The predicted molar refractivity (Wildman–Crippen MR) is 107 cm³/mol. The van der Waals surface area contributed by atoms with Crippen molar-refractivity contribution in [2.45, 2.75) is 30.9 Å². The molecule has 0 spiro atoms. The zero-order chi connectivity index (χ0) is 19.9. The third-order valence-electron chi connectivity index (χ3n) is 3.80. The Balaban J connectivity index is 1.51. The SMILES string of the molecule is COc1ccc(NC(=O)[C@@H](C)Sc2nnc(COc3cccc(C)c3)o2)cc1. The minimum atomic E-state index is -0.409. The predicted octanol–water partition coefficient (Wildman–Crippen LogP) is 4.08. The van der Waals surface area contributed by atoms with Crippen LogP contribution in [0, 0.1) is 6.92 Å². The summed E-state index contributed by atoms with van der Waals surface area (Å²) in [5.74, 6) is 1.66. The van der Waals surface area contributed by atoms with Crippen LogP contribution in [0.2, 0.25) is 0 Å². The summed E-state index contributed by atoms with van der Waals surface area (Å²) in [6.07, 6.45) is 0. The van der Waals surface area contributed by atoms with Gasteiger partial charge in [-0.3, -0.25) is 4.79 Å². The molecule has 0 aliphatic rings. The quantitative estimate of drug-likeness (QED) is 0.571. The van der Waals surface area contributed by atoms with Crippen LogP contribution in [0.4, 0.5) is 5.69 Å². The van der Waals surface area contributed by atoms with E-state index in [1.165, 1.54) is 11.8 Å². The summed E-state index contributed by atoms with van der Waals surface area (Å²) in [4.78, 5) is 12.3. The molecule has 3 rings (SSSR count). The van der Waals surface area contributed by atoms with Crippen molar-refractivity contribution >= 4 is 23.4 Å². The number of aryl methyl sites for hydroxylation is 1. The van der Waals surface area contributed by atoms with Crippen molar-refractivity contribution in [1.29, 1.82) is 0 Å². The third-order valence-corrected chi connectivity index (χ3v) is 4.74. The van der Waals surface area contributed by atoms with Gasteiger partial charge < -0.3 is 19.2 Å². The Morgan fingerprint density at radius 1 is 1.18 bits per heavy atom. The van der Waals surface area contributed by atoms with Crippen LogP contribution in [0.5, 0.6) is 11.5 Å². The van der Waals surface area contributed by atoms with Crippen molar-refractivity contribution in [3.05, 3.63) is 60.0 Å². The number of rotatable bonds is 8. The van der Waals surface area contributed by atoms with Crippen LogP contribution < -0.4 is 14.8 Å². The molecule has 0 bridgehead atoms. The van der Waals surface area contributed by atoms with Crippen LogP contribution in [0.25, 0.3) is 0 Å². The molecule has 1 heterocycles. The van der Waals surface area contributed by atoms with E-state index in [0.29, 0.717) is 16.8 Å². The molecule has 0 aliphatic carbocycles. The fourth-order valence-electron chi connectivity index (χ4n) is 2.32. The smallest absolute Gasteiger partial charge is 0.277 e. The van der Waals surface area contributed by atoms with E-state index in [9.17, 15) is 4.79 Å². The van der Waals surface area contributed by atoms with Gasteiger partial charge in [0.05, 0.1) is 12.4 Å². The van der Waals surface area contributed by atoms with Gasteiger partial charge in [0.25, 0.3) is 11.1 Å². The molecule has 3 aromatic rings. The molecule has 0 radical (unpaired) electrons. The Hall–Kier alpha value is -3.00. The van der Waals surface area contributed by atoms with Crippen molar-refractivity contribution in [2.75, 3.05) is 12.4 Å². The summed E-state index contributed by atoms with van der Waals surface area (Å²) in [5, 5.41) is 10.7. The molecule has 0 fully saturated rings. The van der Waals surface area contributed by atoms with Crippen LogP contribution >= 0.6 is 11.8 Å². The number of nitrogens with one attached hydrogen (secondary N) is 1. The van der Waals surface area contributed by atoms with E-state index >= 15 is 0 Å². The highest BCUT2D eigenvalue weighted by Crippen LogP contribution is 2.24. The lowest BCUT2D eigenvalue weighted by molar-refractivity contribution is -0.115. The largest absolute Gasteiger partial charge is 0.497 e. The molecule has 0 aliphatic heterocycles. The number of methoxy groups -OCH3 is 1. The second kappa shape index (κ2) is 9.27. The summed E-state index contributed by atoms with van der Waals surface area (Å²) in [5.41, 5.74) is 1.80. The van der Waals surface area contributed by atoms with Crippen LogP contribution in [-0.2, 0) is 11.4 Å². The summed E-state index contributed by atoms with van der Waals surface area (Å²) in [7, 11) is 1.59. The molecule has 0 unspecified atom stereocenters. The highest BCUT2D eigenvalue weighted by Gasteiger charge is 2.18. The third kappa shape index (κ3) is 5.50. The Morgan fingerprint density at radius 2 is 1.96 bits per heavy atom. The number of aromatic nitrogens is 2. The highest BCUT2D eigenvalue weighted by molar-refractivity contribution is 8.00. The maximum atomic E-state index is 12.3. The molecule has 1 amide bonds. The lowest BCUT2D eigenvalue weighted by Crippen LogP contribution is -2.22. The molecule has 2 aromatic carbocycles. The number of hydrogen-bond donors (Lipinski definition) is 1. The Kier molecular flexibility index (Phi) is 6.54. The fourth-order valence-corrected chi connectivity index (χ4v) is 3.02. The minimum Gasteiger partial charge on any atom is -0.497 e. The van der Waals surface area contributed by atoms with Gasteiger partial charge >= 0.3 is 0 Å².